The maximum Gasteiger partial charge on any atom is 0.410 e. The Labute approximate surface area is 288 Å². The lowest BCUT2D eigenvalue weighted by Gasteiger charge is -2.30. The van der Waals surface area contributed by atoms with Crippen LogP contribution in [0.15, 0.2) is 72.0 Å². The van der Waals surface area contributed by atoms with Crippen molar-refractivity contribution in [3.05, 3.63) is 83.2 Å². The van der Waals surface area contributed by atoms with Gasteiger partial charge in [0.2, 0.25) is 5.91 Å². The Hall–Kier alpha value is -3.82. The van der Waals surface area contributed by atoms with Gasteiger partial charge in [0.1, 0.15) is 12.7 Å². The fourth-order valence-electron chi connectivity index (χ4n) is 4.55. The van der Waals surface area contributed by atoms with Gasteiger partial charge in [-0.25, -0.2) is 9.79 Å². The summed E-state index contributed by atoms with van der Waals surface area (Å²) in [6, 6.07) is 6.04. The summed E-state index contributed by atoms with van der Waals surface area (Å²) in [5.41, 5.74) is 11.7. The van der Waals surface area contributed by atoms with Crippen LogP contribution < -0.4 is 11.1 Å². The summed E-state index contributed by atoms with van der Waals surface area (Å²) < 4.78 is 10.2. The average Bonchev–Trinajstić information content (AvgIpc) is 3.06. The minimum atomic E-state index is -0.197. The van der Waals surface area contributed by atoms with Crippen LogP contribution in [0.1, 0.15) is 78.4 Å². The molecule has 1 aromatic carbocycles. The molecule has 2 heterocycles. The highest BCUT2D eigenvalue weighted by atomic mass is 35.5. The largest absolute Gasteiger partial charge is 0.446 e. The van der Waals surface area contributed by atoms with Crippen molar-refractivity contribution in [2.45, 2.75) is 73.3 Å². The number of rotatable bonds is 10. The molecule has 1 atom stereocenters. The van der Waals surface area contributed by atoms with Gasteiger partial charge in [0, 0.05) is 51.6 Å². The summed E-state index contributed by atoms with van der Waals surface area (Å²) in [4.78, 5) is 31.2. The number of benzene rings is 1. The van der Waals surface area contributed by atoms with E-state index in [1.54, 1.807) is 12.5 Å². The number of hydrogen-bond acceptors (Lipinski definition) is 7. The number of carbonyl (C=O) groups excluding carboxylic acids is 2. The third-order valence-electron chi connectivity index (χ3n) is 7.01. The number of nitrogens with zero attached hydrogens (tertiary/aromatic N) is 3. The second-order valence-corrected chi connectivity index (χ2v) is 11.3. The van der Waals surface area contributed by atoms with Crippen molar-refractivity contribution in [3.8, 4) is 0 Å². The van der Waals surface area contributed by atoms with Gasteiger partial charge >= 0.3 is 6.09 Å². The lowest BCUT2D eigenvalue weighted by atomic mass is 9.87. The third kappa shape index (κ3) is 17.1. The Morgan fingerprint density at radius 1 is 1.21 bits per heavy atom. The molecule has 1 saturated heterocycles. The molecule has 2 amide bonds. The summed E-state index contributed by atoms with van der Waals surface area (Å²) >= 11 is 6.23. The van der Waals surface area contributed by atoms with Crippen molar-refractivity contribution < 1.29 is 19.1 Å². The van der Waals surface area contributed by atoms with E-state index in [2.05, 4.69) is 47.4 Å². The topological polar surface area (TPSA) is 109 Å². The number of nitrogens with one attached hydrogen (secondary N) is 1. The Balaban J connectivity index is 0.000000928. The van der Waals surface area contributed by atoms with Crippen molar-refractivity contribution in [2.75, 3.05) is 46.9 Å². The highest BCUT2D eigenvalue weighted by molar-refractivity contribution is 6.30. The van der Waals surface area contributed by atoms with Gasteiger partial charge in [-0.05, 0) is 87.1 Å². The molecule has 2 aliphatic rings. The number of halogens is 1. The molecule has 2 aliphatic heterocycles. The van der Waals surface area contributed by atoms with Gasteiger partial charge in [-0.2, -0.15) is 0 Å². The molecule has 1 fully saturated rings. The number of hydrogen-bond donors (Lipinski definition) is 2. The van der Waals surface area contributed by atoms with E-state index >= 15 is 0 Å². The molecule has 3 rings (SSSR count). The molecule has 262 valence electrons. The molecule has 0 aliphatic carbocycles. The first-order valence-corrected chi connectivity index (χ1v) is 16.6. The number of amides is 2. The molecule has 10 heteroatoms. The minimum Gasteiger partial charge on any atom is -0.446 e. The van der Waals surface area contributed by atoms with Crippen LogP contribution in [0.2, 0.25) is 5.02 Å². The van der Waals surface area contributed by atoms with Crippen molar-refractivity contribution in [1.82, 2.24) is 15.1 Å². The van der Waals surface area contributed by atoms with Gasteiger partial charge in [0.05, 0.1) is 6.34 Å². The van der Waals surface area contributed by atoms with Crippen molar-refractivity contribution in [3.63, 3.8) is 0 Å². The quantitative estimate of drug-likeness (QED) is 0.245. The van der Waals surface area contributed by atoms with Crippen LogP contribution in [0.5, 0.6) is 0 Å². The zero-order chi connectivity index (χ0) is 35.8. The number of ether oxygens (including phenoxy) is 2. The number of allylic oxidation sites excluding steroid dienone is 4. The predicted molar refractivity (Wildman–Crippen MR) is 199 cm³/mol. The van der Waals surface area contributed by atoms with Crippen LogP contribution in [0.4, 0.5) is 4.79 Å². The first kappa shape index (κ1) is 43.2. The van der Waals surface area contributed by atoms with E-state index in [4.69, 9.17) is 21.1 Å². The molecule has 9 nitrogen and oxygen atoms in total. The van der Waals surface area contributed by atoms with Crippen LogP contribution in [0.3, 0.4) is 0 Å². The van der Waals surface area contributed by atoms with Crippen LogP contribution in [0, 0.1) is 0 Å². The monoisotopic (exact) mass is 671 g/mol. The van der Waals surface area contributed by atoms with Crippen LogP contribution in [0.25, 0.3) is 11.1 Å². The summed E-state index contributed by atoms with van der Waals surface area (Å²) in [6.07, 6.45) is 12.2. The van der Waals surface area contributed by atoms with Gasteiger partial charge in [-0.3, -0.25) is 4.79 Å². The molecular formula is C37H58ClN5O4. The molecule has 47 heavy (non-hydrogen) atoms. The normalized spacial score (nSPS) is 14.2. The number of carbonyl (C=O) groups is 2. The first-order chi connectivity index (χ1) is 22.5. The fourth-order valence-corrected chi connectivity index (χ4v) is 4.73. The number of nitrogens with two attached hydrogens (primary N) is 1. The van der Waals surface area contributed by atoms with E-state index in [1.165, 1.54) is 30.0 Å². The second-order valence-electron chi connectivity index (χ2n) is 10.8. The lowest BCUT2D eigenvalue weighted by molar-refractivity contribution is -0.124. The smallest absolute Gasteiger partial charge is 0.410 e. The Bertz CT molecular complexity index is 1250. The molecule has 3 N–H and O–H groups in total. The number of piperidine rings is 1. The highest BCUT2D eigenvalue weighted by Crippen LogP contribution is 2.35. The van der Waals surface area contributed by atoms with Gasteiger partial charge in [0.15, 0.2) is 0 Å². The number of likely N-dealkylation sites (tertiary alicyclic amines) is 1. The van der Waals surface area contributed by atoms with Crippen molar-refractivity contribution in [2.24, 2.45) is 10.7 Å². The zero-order valence-electron chi connectivity index (χ0n) is 29.9. The molecule has 1 unspecified atom stereocenters. The second kappa shape index (κ2) is 25.3. The molecule has 1 aromatic rings. The number of methoxy groups -OCH3 is 1. The summed E-state index contributed by atoms with van der Waals surface area (Å²) in [7, 11) is 3.44. The average molecular weight is 672 g/mol. The Kier molecular flexibility index (Phi) is 23.2. The Morgan fingerprint density at radius 2 is 1.85 bits per heavy atom. The maximum atomic E-state index is 12.3. The van der Waals surface area contributed by atoms with Gasteiger partial charge in [-0.1, -0.05) is 74.9 Å². The molecular weight excluding hydrogens is 614 g/mol. The molecule has 0 aromatic heterocycles. The summed E-state index contributed by atoms with van der Waals surface area (Å²) in [5.74, 6) is -0.106. The fraction of sp³-hybridized carbons (Fsp3) is 0.486. The van der Waals surface area contributed by atoms with E-state index in [1.807, 2.05) is 70.5 Å². The molecule has 0 saturated carbocycles. The SMILES string of the molecule is C=C(C)c1cc(Cl)ccc1C(C/C=C\C)=C1CCN(C(=O)OC(C)CC)CC1.C=CN.CC.COCC(=O)NCC1=CN=CN(C)C1. The maximum absolute atomic E-state index is 12.3. The van der Waals surface area contributed by atoms with E-state index < -0.39 is 0 Å². The van der Waals surface area contributed by atoms with E-state index in [-0.39, 0.29) is 24.7 Å². The van der Waals surface area contributed by atoms with E-state index in [9.17, 15) is 9.59 Å². The minimum absolute atomic E-state index is 0.0399. The molecule has 0 bridgehead atoms. The van der Waals surface area contributed by atoms with Gasteiger partial charge in [0.25, 0.3) is 0 Å². The summed E-state index contributed by atoms with van der Waals surface area (Å²) in [6.45, 7) is 22.1. The molecule has 0 spiro atoms. The van der Waals surface area contributed by atoms with Crippen molar-refractivity contribution >= 4 is 41.1 Å². The van der Waals surface area contributed by atoms with E-state index in [0.29, 0.717) is 19.6 Å². The van der Waals surface area contributed by atoms with Gasteiger partial charge in [-0.15, -0.1) is 0 Å². The van der Waals surface area contributed by atoms with Crippen molar-refractivity contribution in [1.29, 1.82) is 0 Å². The highest BCUT2D eigenvalue weighted by Gasteiger charge is 2.24. The van der Waals surface area contributed by atoms with Crippen LogP contribution in [-0.2, 0) is 14.3 Å². The standard InChI is InChI=1S/C24H32ClNO2.C9H15N3O2.C2H5N.C2H6/c1-6-8-9-21(22-11-10-20(25)16-23(22)17(3)4)19-12-14-26(15-13-19)24(27)28-18(5)7-2;1-12-5-8(3-10-7-12)4-11-9(13)6-14-2;1-2-3;1-2/h6,8,10-11,16,18H,3,7,9,12-15H2,1-2,4-5H3;3,7H,4-6H2,1-2H3,(H,11,13);2H,1,3H2;1-2H3/b8-6-;;;. The first-order valence-electron chi connectivity index (χ1n) is 16.2. The van der Waals surface area contributed by atoms with Gasteiger partial charge < -0.3 is 30.3 Å². The summed E-state index contributed by atoms with van der Waals surface area (Å²) in [5, 5.41) is 3.46. The molecule has 0 radical (unpaired) electrons. The number of likely N-dealkylation sites (N-methyl/N-ethyl adjacent to an activating group) is 1. The third-order valence-corrected chi connectivity index (χ3v) is 7.25. The zero-order valence-corrected chi connectivity index (χ0v) is 30.7. The van der Waals surface area contributed by atoms with Crippen LogP contribution >= 0.6 is 11.6 Å². The Morgan fingerprint density at radius 3 is 2.38 bits per heavy atom. The van der Waals surface area contributed by atoms with E-state index in [0.717, 1.165) is 54.0 Å². The van der Waals surface area contributed by atoms with Crippen LogP contribution in [-0.4, -0.2) is 81.2 Å². The predicted octanol–water partition coefficient (Wildman–Crippen LogP) is 7.85. The number of aliphatic imine (C=N–C) groups is 1. The lowest BCUT2D eigenvalue weighted by Crippen LogP contribution is -2.38.